The van der Waals surface area contributed by atoms with Gasteiger partial charge in [-0.2, -0.15) is 0 Å². The minimum absolute atomic E-state index is 0.0679. The molecule has 1 aliphatic rings. The molecule has 3 rings (SSSR count). The number of nitrogens with two attached hydrogens (primary N) is 1. The van der Waals surface area contributed by atoms with Crippen molar-refractivity contribution in [1.29, 1.82) is 0 Å². The molecule has 5 nitrogen and oxygen atoms in total. The summed E-state index contributed by atoms with van der Waals surface area (Å²) >= 11 is 12.1. The molecule has 3 N–H and O–H groups in total. The van der Waals surface area contributed by atoms with Gasteiger partial charge in [0.1, 0.15) is 5.75 Å². The molecule has 1 amide bonds. The van der Waals surface area contributed by atoms with E-state index < -0.39 is 0 Å². The average molecular weight is 450 g/mol. The van der Waals surface area contributed by atoms with Crippen molar-refractivity contribution < 1.29 is 9.53 Å². The van der Waals surface area contributed by atoms with Crippen molar-refractivity contribution in [2.45, 2.75) is 37.8 Å². The Kier molecular flexibility index (Phi) is 8.40. The largest absolute Gasteiger partial charge is 0.497 e. The lowest BCUT2D eigenvalue weighted by Crippen LogP contribution is -2.45. The maximum Gasteiger partial charge on any atom is 0.224 e. The smallest absolute Gasteiger partial charge is 0.224 e. The predicted octanol–water partition coefficient (Wildman–Crippen LogP) is 4.22. The van der Waals surface area contributed by atoms with E-state index in [1.54, 1.807) is 13.2 Å². The molecule has 1 atom stereocenters. The van der Waals surface area contributed by atoms with Crippen molar-refractivity contribution in [3.63, 3.8) is 0 Å². The molecule has 1 fully saturated rings. The van der Waals surface area contributed by atoms with Gasteiger partial charge in [-0.1, -0.05) is 41.4 Å². The van der Waals surface area contributed by atoms with Gasteiger partial charge in [0.25, 0.3) is 0 Å². The fraction of sp³-hybridized carbons (Fsp3) is 0.435. The molecule has 1 saturated heterocycles. The monoisotopic (exact) mass is 449 g/mol. The van der Waals surface area contributed by atoms with Crippen LogP contribution in [0.25, 0.3) is 0 Å². The Morgan fingerprint density at radius 2 is 1.87 bits per heavy atom. The molecule has 30 heavy (non-hydrogen) atoms. The fourth-order valence-corrected chi connectivity index (χ4v) is 4.05. The molecule has 7 heteroatoms. The SMILES string of the molecule is COc1ccc(CC(=O)NC2CCN(CCC(N)c3ccc(Cl)c(Cl)c3)CC2)cc1. The summed E-state index contributed by atoms with van der Waals surface area (Å²) in [4.78, 5) is 14.8. The zero-order valence-electron chi connectivity index (χ0n) is 17.2. The van der Waals surface area contributed by atoms with Crippen LogP contribution in [0.2, 0.25) is 10.0 Å². The quantitative estimate of drug-likeness (QED) is 0.632. The number of methoxy groups -OCH3 is 1. The van der Waals surface area contributed by atoms with Crippen LogP contribution in [0.3, 0.4) is 0 Å². The number of hydrogen-bond donors (Lipinski definition) is 2. The van der Waals surface area contributed by atoms with Gasteiger partial charge in [-0.05, 0) is 61.2 Å². The van der Waals surface area contributed by atoms with Gasteiger partial charge >= 0.3 is 0 Å². The molecule has 0 radical (unpaired) electrons. The van der Waals surface area contributed by atoms with Crippen LogP contribution in [0.15, 0.2) is 42.5 Å². The lowest BCUT2D eigenvalue weighted by atomic mass is 10.0. The Morgan fingerprint density at radius 1 is 1.17 bits per heavy atom. The molecule has 0 spiro atoms. The first kappa shape index (κ1) is 22.9. The molecule has 0 saturated carbocycles. The highest BCUT2D eigenvalue weighted by Crippen LogP contribution is 2.26. The van der Waals surface area contributed by atoms with Crippen molar-refractivity contribution in [3.8, 4) is 5.75 Å². The second-order valence-electron chi connectivity index (χ2n) is 7.78. The van der Waals surface area contributed by atoms with Crippen LogP contribution in [0.1, 0.15) is 36.4 Å². The van der Waals surface area contributed by atoms with Crippen LogP contribution in [-0.2, 0) is 11.2 Å². The average Bonchev–Trinajstić information content (AvgIpc) is 2.75. The van der Waals surface area contributed by atoms with E-state index >= 15 is 0 Å². The number of carbonyl (C=O) groups excluding carboxylic acids is 1. The van der Waals surface area contributed by atoms with E-state index in [2.05, 4.69) is 10.2 Å². The molecule has 1 aliphatic heterocycles. The van der Waals surface area contributed by atoms with Crippen molar-refractivity contribution >= 4 is 29.1 Å². The fourth-order valence-electron chi connectivity index (χ4n) is 3.74. The van der Waals surface area contributed by atoms with Crippen molar-refractivity contribution in [2.75, 3.05) is 26.7 Å². The molecular formula is C23H29Cl2N3O2. The highest BCUT2D eigenvalue weighted by molar-refractivity contribution is 6.42. The Morgan fingerprint density at radius 3 is 2.50 bits per heavy atom. The Bertz CT molecular complexity index is 837. The zero-order valence-corrected chi connectivity index (χ0v) is 18.8. The maximum atomic E-state index is 12.3. The molecule has 2 aromatic carbocycles. The topological polar surface area (TPSA) is 67.6 Å². The number of ether oxygens (including phenoxy) is 1. The predicted molar refractivity (Wildman–Crippen MR) is 122 cm³/mol. The van der Waals surface area contributed by atoms with Gasteiger partial charge in [-0.25, -0.2) is 0 Å². The summed E-state index contributed by atoms with van der Waals surface area (Å²) in [6.45, 7) is 2.84. The van der Waals surface area contributed by atoms with Gasteiger partial charge in [-0.3, -0.25) is 4.79 Å². The van der Waals surface area contributed by atoms with Crippen molar-refractivity contribution in [3.05, 3.63) is 63.6 Å². The van der Waals surface area contributed by atoms with E-state index in [1.165, 1.54) is 0 Å². The second-order valence-corrected chi connectivity index (χ2v) is 8.59. The zero-order chi connectivity index (χ0) is 21.5. The molecule has 1 unspecified atom stereocenters. The van der Waals surface area contributed by atoms with Crippen molar-refractivity contribution in [2.24, 2.45) is 5.73 Å². The number of nitrogens with one attached hydrogen (secondary N) is 1. The minimum atomic E-state index is -0.0679. The number of likely N-dealkylation sites (tertiary alicyclic amines) is 1. The highest BCUT2D eigenvalue weighted by Gasteiger charge is 2.21. The molecule has 1 heterocycles. The number of rotatable bonds is 8. The second kappa shape index (κ2) is 11.0. The first-order chi connectivity index (χ1) is 14.4. The van der Waals surface area contributed by atoms with E-state index in [-0.39, 0.29) is 18.0 Å². The third-order valence-corrected chi connectivity index (χ3v) is 6.34. The van der Waals surface area contributed by atoms with Gasteiger partial charge in [0, 0.05) is 25.2 Å². The van der Waals surface area contributed by atoms with Crippen LogP contribution in [-0.4, -0.2) is 43.6 Å². The van der Waals surface area contributed by atoms with E-state index in [0.717, 1.165) is 55.8 Å². The summed E-state index contributed by atoms with van der Waals surface area (Å²) in [5.41, 5.74) is 8.32. The number of carbonyl (C=O) groups is 1. The summed E-state index contributed by atoms with van der Waals surface area (Å²) < 4.78 is 5.15. The van der Waals surface area contributed by atoms with E-state index in [4.69, 9.17) is 33.7 Å². The van der Waals surface area contributed by atoms with Gasteiger partial charge in [0.05, 0.1) is 23.6 Å². The molecular weight excluding hydrogens is 421 g/mol. The minimum Gasteiger partial charge on any atom is -0.497 e. The van der Waals surface area contributed by atoms with Crippen LogP contribution in [0.5, 0.6) is 5.75 Å². The van der Waals surface area contributed by atoms with Gasteiger partial charge < -0.3 is 20.7 Å². The van der Waals surface area contributed by atoms with E-state index in [9.17, 15) is 4.79 Å². The Hall–Kier alpha value is -1.79. The lowest BCUT2D eigenvalue weighted by molar-refractivity contribution is -0.121. The molecule has 0 aromatic heterocycles. The number of hydrogen-bond acceptors (Lipinski definition) is 4. The van der Waals surface area contributed by atoms with Crippen LogP contribution < -0.4 is 15.8 Å². The first-order valence-corrected chi connectivity index (χ1v) is 11.1. The van der Waals surface area contributed by atoms with Crippen LogP contribution in [0.4, 0.5) is 0 Å². The number of amides is 1. The molecule has 162 valence electrons. The summed E-state index contributed by atoms with van der Waals surface area (Å²) in [5, 5.41) is 4.25. The van der Waals surface area contributed by atoms with E-state index in [0.29, 0.717) is 16.5 Å². The molecule has 2 aromatic rings. The summed E-state index contributed by atoms with van der Waals surface area (Å²) in [5.74, 6) is 0.866. The highest BCUT2D eigenvalue weighted by atomic mass is 35.5. The standard InChI is InChI=1S/C23H29Cl2N3O2/c1-30-19-5-2-16(3-6-19)14-23(29)27-18-8-11-28(12-9-18)13-10-22(26)17-4-7-20(24)21(25)15-17/h2-7,15,18,22H,8-14,26H2,1H3,(H,27,29). The van der Waals surface area contributed by atoms with Crippen LogP contribution in [0, 0.1) is 0 Å². The Labute approximate surface area is 188 Å². The summed E-state index contributed by atoms with van der Waals surface area (Å²) in [6.07, 6.45) is 3.15. The van der Waals surface area contributed by atoms with Gasteiger partial charge in [-0.15, -0.1) is 0 Å². The van der Waals surface area contributed by atoms with Gasteiger partial charge in [0.2, 0.25) is 5.91 Å². The number of nitrogens with zero attached hydrogens (tertiary/aromatic N) is 1. The number of piperidine rings is 1. The van der Waals surface area contributed by atoms with Crippen LogP contribution >= 0.6 is 23.2 Å². The number of benzene rings is 2. The maximum absolute atomic E-state index is 12.3. The van der Waals surface area contributed by atoms with Gasteiger partial charge in [0.15, 0.2) is 0 Å². The third-order valence-electron chi connectivity index (χ3n) is 5.60. The molecule has 0 bridgehead atoms. The summed E-state index contributed by atoms with van der Waals surface area (Å²) in [7, 11) is 1.63. The molecule has 0 aliphatic carbocycles. The third kappa shape index (κ3) is 6.61. The van der Waals surface area contributed by atoms with E-state index in [1.807, 2.05) is 36.4 Å². The number of halogens is 2. The van der Waals surface area contributed by atoms with Crippen molar-refractivity contribution in [1.82, 2.24) is 10.2 Å². The normalized spacial score (nSPS) is 16.3. The first-order valence-electron chi connectivity index (χ1n) is 10.3. The lowest BCUT2D eigenvalue weighted by Gasteiger charge is -2.33. The summed E-state index contributed by atoms with van der Waals surface area (Å²) in [6, 6.07) is 13.4. The Balaban J connectivity index is 1.37.